The largest absolute Gasteiger partial charge is 0.480 e. The van der Waals surface area contributed by atoms with E-state index < -0.39 is 0 Å². The van der Waals surface area contributed by atoms with E-state index in [-0.39, 0.29) is 0 Å². The summed E-state index contributed by atoms with van der Waals surface area (Å²) in [4.78, 5) is 24.7. The molecule has 0 spiro atoms. The zero-order chi connectivity index (χ0) is 18.6. The average molecular weight is 369 g/mol. The second kappa shape index (κ2) is 7.94. The highest BCUT2D eigenvalue weighted by atomic mass is 16.5. The van der Waals surface area contributed by atoms with Crippen molar-refractivity contribution in [1.82, 2.24) is 19.9 Å². The Morgan fingerprint density at radius 3 is 2.33 bits per heavy atom. The van der Waals surface area contributed by atoms with E-state index in [0.717, 1.165) is 62.6 Å². The van der Waals surface area contributed by atoms with Crippen LogP contribution in [-0.2, 0) is 0 Å². The van der Waals surface area contributed by atoms with Crippen molar-refractivity contribution >= 4 is 17.5 Å². The highest BCUT2D eigenvalue weighted by Crippen LogP contribution is 2.24. The number of aromatic nitrogens is 4. The lowest BCUT2D eigenvalue weighted by molar-refractivity contribution is 0.395. The first-order valence-corrected chi connectivity index (χ1v) is 9.66. The number of ether oxygens (including phenoxy) is 1. The molecule has 8 heteroatoms. The van der Waals surface area contributed by atoms with Gasteiger partial charge in [0.15, 0.2) is 5.82 Å². The normalized spacial score (nSPS) is 20.7. The summed E-state index contributed by atoms with van der Waals surface area (Å²) in [5.74, 6) is 4.19. The second-order valence-electron chi connectivity index (χ2n) is 7.32. The van der Waals surface area contributed by atoms with Crippen LogP contribution in [0.4, 0.5) is 17.5 Å². The zero-order valence-electron chi connectivity index (χ0n) is 16.1. The summed E-state index contributed by atoms with van der Waals surface area (Å²) in [5.41, 5.74) is 0. The Kier molecular flexibility index (Phi) is 5.22. The molecule has 2 aromatic heterocycles. The van der Waals surface area contributed by atoms with Crippen molar-refractivity contribution < 1.29 is 4.74 Å². The predicted molar refractivity (Wildman–Crippen MR) is 106 cm³/mol. The van der Waals surface area contributed by atoms with Gasteiger partial charge in [0.1, 0.15) is 18.0 Å². The van der Waals surface area contributed by atoms with Crippen molar-refractivity contribution in [3.8, 4) is 5.88 Å². The van der Waals surface area contributed by atoms with E-state index in [4.69, 9.17) is 4.74 Å². The molecular formula is C19H27N7O. The van der Waals surface area contributed by atoms with E-state index in [1.807, 2.05) is 0 Å². The van der Waals surface area contributed by atoms with Crippen molar-refractivity contribution in [3.05, 3.63) is 24.8 Å². The molecule has 0 N–H and O–H groups in total. The van der Waals surface area contributed by atoms with Gasteiger partial charge < -0.3 is 19.4 Å². The van der Waals surface area contributed by atoms with Gasteiger partial charge in [-0.15, -0.1) is 0 Å². The van der Waals surface area contributed by atoms with Gasteiger partial charge in [-0.3, -0.25) is 4.98 Å². The molecular weight excluding hydrogens is 342 g/mol. The number of rotatable bonds is 4. The molecule has 1 unspecified atom stereocenters. The molecule has 0 radical (unpaired) electrons. The van der Waals surface area contributed by atoms with Crippen LogP contribution < -0.4 is 19.4 Å². The molecule has 2 saturated heterocycles. The first-order chi connectivity index (χ1) is 13.2. The molecule has 1 atom stereocenters. The topological polar surface area (TPSA) is 70.5 Å². The van der Waals surface area contributed by atoms with Gasteiger partial charge in [-0.05, 0) is 18.8 Å². The van der Waals surface area contributed by atoms with Gasteiger partial charge in [-0.1, -0.05) is 6.92 Å². The third-order valence-electron chi connectivity index (χ3n) is 5.36. The van der Waals surface area contributed by atoms with E-state index >= 15 is 0 Å². The summed E-state index contributed by atoms with van der Waals surface area (Å²) < 4.78 is 5.18. The lowest BCUT2D eigenvalue weighted by Gasteiger charge is -2.36. The molecule has 144 valence electrons. The van der Waals surface area contributed by atoms with Gasteiger partial charge in [0.05, 0.1) is 19.5 Å². The lowest BCUT2D eigenvalue weighted by Crippen LogP contribution is -2.47. The number of piperidine rings is 1. The van der Waals surface area contributed by atoms with Gasteiger partial charge in [0.25, 0.3) is 0 Å². The summed E-state index contributed by atoms with van der Waals surface area (Å²) in [6, 6.07) is 2.14. The summed E-state index contributed by atoms with van der Waals surface area (Å²) >= 11 is 0. The van der Waals surface area contributed by atoms with E-state index in [1.54, 1.807) is 25.8 Å². The molecule has 8 nitrogen and oxygen atoms in total. The highest BCUT2D eigenvalue weighted by Gasteiger charge is 2.22. The Morgan fingerprint density at radius 1 is 0.926 bits per heavy atom. The summed E-state index contributed by atoms with van der Waals surface area (Å²) in [6.45, 7) is 8.03. The first-order valence-electron chi connectivity index (χ1n) is 9.66. The number of nitrogens with zero attached hydrogens (tertiary/aromatic N) is 7. The third kappa shape index (κ3) is 4.04. The molecule has 4 heterocycles. The molecule has 2 fully saturated rings. The first kappa shape index (κ1) is 17.8. The van der Waals surface area contributed by atoms with E-state index in [2.05, 4.69) is 47.6 Å². The Bertz CT molecular complexity index is 763. The number of hydrogen-bond donors (Lipinski definition) is 0. The van der Waals surface area contributed by atoms with Crippen molar-refractivity contribution in [1.29, 1.82) is 0 Å². The van der Waals surface area contributed by atoms with Gasteiger partial charge in [-0.25, -0.2) is 9.97 Å². The number of methoxy groups -OCH3 is 1. The Morgan fingerprint density at radius 2 is 1.63 bits per heavy atom. The fraction of sp³-hybridized carbons (Fsp3) is 0.579. The van der Waals surface area contributed by atoms with Crippen molar-refractivity contribution in [3.63, 3.8) is 0 Å². The third-order valence-corrected chi connectivity index (χ3v) is 5.36. The smallest absolute Gasteiger partial charge is 0.233 e. The Balaban J connectivity index is 1.41. The molecule has 2 aromatic rings. The van der Waals surface area contributed by atoms with Crippen LogP contribution in [0.25, 0.3) is 0 Å². The SMILES string of the molecule is COc1cncc(N2CCN(c3cc(N4CCCC(C)C4)ncn3)CC2)n1. The number of anilines is 3. The molecule has 0 aromatic carbocycles. The van der Waals surface area contributed by atoms with Crippen molar-refractivity contribution in [2.45, 2.75) is 19.8 Å². The molecule has 0 amide bonds. The molecule has 4 rings (SSSR count). The van der Waals surface area contributed by atoms with Crippen LogP contribution in [0.3, 0.4) is 0 Å². The standard InChI is InChI=1S/C19H27N7O/c1-15-4-3-5-26(13-15)17-10-16(21-14-22-17)24-6-8-25(9-7-24)18-11-20-12-19(23-18)27-2/h10-12,14-15H,3-9,13H2,1-2H3. The van der Waals surface area contributed by atoms with Crippen LogP contribution in [-0.4, -0.2) is 66.3 Å². The van der Waals surface area contributed by atoms with Gasteiger partial charge in [0.2, 0.25) is 5.88 Å². The average Bonchev–Trinajstić information content (AvgIpc) is 2.74. The molecule has 0 aliphatic carbocycles. The van der Waals surface area contributed by atoms with Gasteiger partial charge in [0, 0.05) is 45.3 Å². The minimum absolute atomic E-state index is 0.547. The molecule has 2 aliphatic heterocycles. The van der Waals surface area contributed by atoms with E-state index in [1.165, 1.54) is 12.8 Å². The summed E-state index contributed by atoms with van der Waals surface area (Å²) in [5, 5.41) is 0. The number of hydrogen-bond acceptors (Lipinski definition) is 8. The fourth-order valence-corrected chi connectivity index (χ4v) is 3.83. The van der Waals surface area contributed by atoms with Crippen molar-refractivity contribution in [2.24, 2.45) is 5.92 Å². The van der Waals surface area contributed by atoms with Gasteiger partial charge in [-0.2, -0.15) is 4.98 Å². The minimum atomic E-state index is 0.547. The fourth-order valence-electron chi connectivity index (χ4n) is 3.83. The van der Waals surface area contributed by atoms with Crippen LogP contribution in [0, 0.1) is 5.92 Å². The van der Waals surface area contributed by atoms with E-state index in [9.17, 15) is 0 Å². The quantitative estimate of drug-likeness (QED) is 0.809. The summed E-state index contributed by atoms with van der Waals surface area (Å²) in [6.07, 6.45) is 7.66. The molecule has 2 aliphatic rings. The minimum Gasteiger partial charge on any atom is -0.480 e. The van der Waals surface area contributed by atoms with Crippen LogP contribution in [0.5, 0.6) is 5.88 Å². The maximum absolute atomic E-state index is 5.18. The Labute approximate surface area is 160 Å². The zero-order valence-corrected chi connectivity index (χ0v) is 16.1. The highest BCUT2D eigenvalue weighted by molar-refractivity contribution is 5.52. The molecule has 0 saturated carbocycles. The lowest BCUT2D eigenvalue weighted by atomic mass is 10.0. The maximum atomic E-state index is 5.18. The van der Waals surface area contributed by atoms with Crippen LogP contribution >= 0.6 is 0 Å². The molecule has 27 heavy (non-hydrogen) atoms. The maximum Gasteiger partial charge on any atom is 0.233 e. The van der Waals surface area contributed by atoms with Crippen molar-refractivity contribution in [2.75, 3.05) is 61.1 Å². The van der Waals surface area contributed by atoms with E-state index in [0.29, 0.717) is 5.88 Å². The monoisotopic (exact) mass is 369 g/mol. The van der Waals surface area contributed by atoms with Crippen LogP contribution in [0.1, 0.15) is 19.8 Å². The predicted octanol–water partition coefficient (Wildman–Crippen LogP) is 1.84. The summed E-state index contributed by atoms with van der Waals surface area (Å²) in [7, 11) is 1.61. The second-order valence-corrected chi connectivity index (χ2v) is 7.32. The Hall–Kier alpha value is -2.64. The van der Waals surface area contributed by atoms with Crippen LogP contribution in [0.15, 0.2) is 24.8 Å². The van der Waals surface area contributed by atoms with Gasteiger partial charge >= 0.3 is 0 Å². The van der Waals surface area contributed by atoms with Crippen LogP contribution in [0.2, 0.25) is 0 Å². The molecule has 0 bridgehead atoms. The number of piperazine rings is 1.